The minimum absolute atomic E-state index is 0.0485. The molecule has 2 heterocycles. The Morgan fingerprint density at radius 1 is 1.27 bits per heavy atom. The summed E-state index contributed by atoms with van der Waals surface area (Å²) in [5, 5.41) is 0.328. The van der Waals surface area contributed by atoms with Crippen LogP contribution in [0.5, 0.6) is 0 Å². The van der Waals surface area contributed by atoms with Crippen LogP contribution in [0.4, 0.5) is 0 Å². The molecule has 1 fully saturated rings. The number of nitrogens with two attached hydrogens (primary N) is 1. The van der Waals surface area contributed by atoms with Gasteiger partial charge in [-0.3, -0.25) is 4.79 Å². The zero-order valence-electron chi connectivity index (χ0n) is 21.0. The number of methoxy groups -OCH3 is 1. The highest BCUT2D eigenvalue weighted by atomic mass is 35.5. The van der Waals surface area contributed by atoms with Gasteiger partial charge in [0.2, 0.25) is 15.9 Å². The van der Waals surface area contributed by atoms with E-state index >= 15 is 0 Å². The van der Waals surface area contributed by atoms with Crippen LogP contribution in [0.3, 0.4) is 0 Å². The number of piperidine rings is 1. The van der Waals surface area contributed by atoms with Crippen molar-refractivity contribution in [2.45, 2.75) is 49.1 Å². The van der Waals surface area contributed by atoms with Gasteiger partial charge in [0.15, 0.2) is 0 Å². The van der Waals surface area contributed by atoms with Crippen molar-refractivity contribution in [3.05, 3.63) is 59.4 Å². The molecule has 3 N–H and O–H groups in total. The molecular weight excluding hydrogens is 514 g/mol. The summed E-state index contributed by atoms with van der Waals surface area (Å²) >= 11 is 5.91. The van der Waals surface area contributed by atoms with Gasteiger partial charge in [-0.2, -0.15) is 0 Å². The average molecular weight is 548 g/mol. The largest absolute Gasteiger partial charge is 0.385 e. The smallest absolute Gasteiger partial charge is 0.240 e. The van der Waals surface area contributed by atoms with Crippen LogP contribution in [0.2, 0.25) is 5.02 Å². The Kier molecular flexibility index (Phi) is 9.20. The Balaban J connectivity index is 1.38. The topological polar surface area (TPSA) is 120 Å². The highest BCUT2D eigenvalue weighted by molar-refractivity contribution is 7.89. The first-order chi connectivity index (χ1) is 17.8. The first-order valence-corrected chi connectivity index (χ1v) is 14.4. The molecule has 37 heavy (non-hydrogen) atoms. The van der Waals surface area contributed by atoms with E-state index < -0.39 is 16.1 Å². The van der Waals surface area contributed by atoms with Gasteiger partial charge in [0, 0.05) is 63.3 Å². The van der Waals surface area contributed by atoms with Crippen LogP contribution >= 0.6 is 11.6 Å². The molecule has 2 atom stereocenters. The predicted molar refractivity (Wildman–Crippen MR) is 144 cm³/mol. The third kappa shape index (κ3) is 6.88. The maximum absolute atomic E-state index is 13.1. The number of ether oxygens (including phenoxy) is 1. The molecule has 0 saturated carbocycles. The Bertz CT molecular complexity index is 1330. The van der Waals surface area contributed by atoms with Gasteiger partial charge in [-0.25, -0.2) is 18.1 Å². The Hall–Kier alpha value is -2.50. The fourth-order valence-corrected chi connectivity index (χ4v) is 6.18. The van der Waals surface area contributed by atoms with Crippen LogP contribution in [0.25, 0.3) is 11.0 Å². The number of nitrogens with one attached hydrogen (secondary N) is 1. The molecule has 1 amide bonds. The number of rotatable bonds is 11. The fourth-order valence-electron chi connectivity index (χ4n) is 4.78. The fraction of sp³-hybridized carbons (Fsp3) is 0.462. The third-order valence-electron chi connectivity index (χ3n) is 6.63. The number of carbonyl (C=O) groups excluding carboxylic acids is 1. The van der Waals surface area contributed by atoms with Gasteiger partial charge in [0.1, 0.15) is 5.82 Å². The zero-order valence-corrected chi connectivity index (χ0v) is 22.5. The standard InChI is InChI=1S/C26H34ClN5O4S/c1-36-14-6-13-32-24-11-3-2-10-23(24)30-26(32)19-7-5-12-31(18-19)25(33)16-21(28)17-29-37(34,35)22-9-4-8-20(27)15-22/h2-4,8-11,15,19,21,29H,5-7,12-14,16-18,28H2,1H3. The maximum Gasteiger partial charge on any atom is 0.240 e. The van der Waals surface area contributed by atoms with Crippen LogP contribution in [0.15, 0.2) is 53.4 Å². The quantitative estimate of drug-likeness (QED) is 0.356. The molecular formula is C26H34ClN5O4S. The second-order valence-electron chi connectivity index (χ2n) is 9.41. The number of para-hydroxylation sites is 2. The summed E-state index contributed by atoms with van der Waals surface area (Å²) in [7, 11) is -2.07. The van der Waals surface area contributed by atoms with Crippen molar-refractivity contribution < 1.29 is 17.9 Å². The summed E-state index contributed by atoms with van der Waals surface area (Å²) in [6.07, 6.45) is 2.74. The van der Waals surface area contributed by atoms with Crippen molar-refractivity contribution in [3.63, 3.8) is 0 Å². The molecule has 200 valence electrons. The van der Waals surface area contributed by atoms with Crippen LogP contribution < -0.4 is 10.5 Å². The summed E-state index contributed by atoms with van der Waals surface area (Å²) in [5.41, 5.74) is 8.20. The van der Waals surface area contributed by atoms with Gasteiger partial charge >= 0.3 is 0 Å². The van der Waals surface area contributed by atoms with Crippen LogP contribution in [0.1, 0.15) is 37.4 Å². The van der Waals surface area contributed by atoms with E-state index in [4.69, 9.17) is 27.1 Å². The Morgan fingerprint density at radius 2 is 2.08 bits per heavy atom. The normalized spacial score (nSPS) is 17.3. The lowest BCUT2D eigenvalue weighted by Gasteiger charge is -2.33. The number of carbonyl (C=O) groups is 1. The molecule has 0 bridgehead atoms. The second-order valence-corrected chi connectivity index (χ2v) is 11.6. The van der Waals surface area contributed by atoms with Crippen molar-refractivity contribution >= 4 is 38.6 Å². The minimum atomic E-state index is -3.77. The summed E-state index contributed by atoms with van der Waals surface area (Å²) in [5.74, 6) is 1.03. The SMILES string of the molecule is COCCCn1c(C2CCCN(C(=O)CC(N)CNS(=O)(=O)c3cccc(Cl)c3)C2)nc2ccccc21. The van der Waals surface area contributed by atoms with Crippen molar-refractivity contribution in [2.24, 2.45) is 5.73 Å². The molecule has 1 saturated heterocycles. The molecule has 0 aliphatic carbocycles. The van der Waals surface area contributed by atoms with E-state index in [1.807, 2.05) is 23.1 Å². The lowest BCUT2D eigenvalue weighted by molar-refractivity contribution is -0.132. The third-order valence-corrected chi connectivity index (χ3v) is 8.29. The number of halogens is 1. The molecule has 1 aromatic heterocycles. The van der Waals surface area contributed by atoms with Crippen molar-refractivity contribution in [1.82, 2.24) is 19.2 Å². The first-order valence-electron chi connectivity index (χ1n) is 12.5. The van der Waals surface area contributed by atoms with Crippen LogP contribution in [0, 0.1) is 0 Å². The molecule has 2 unspecified atom stereocenters. The summed E-state index contributed by atoms with van der Waals surface area (Å²) < 4.78 is 35.1. The number of fused-ring (bicyclic) bond motifs is 1. The van der Waals surface area contributed by atoms with Gasteiger partial charge in [-0.15, -0.1) is 0 Å². The number of sulfonamides is 1. The molecule has 0 spiro atoms. The number of hydrogen-bond donors (Lipinski definition) is 2. The molecule has 4 rings (SSSR count). The first kappa shape index (κ1) is 27.5. The number of aryl methyl sites for hydroxylation is 1. The highest BCUT2D eigenvalue weighted by Gasteiger charge is 2.29. The number of benzene rings is 2. The summed E-state index contributed by atoms with van der Waals surface area (Å²) in [6.45, 7) is 2.63. The van der Waals surface area contributed by atoms with E-state index in [-0.39, 0.29) is 29.7 Å². The van der Waals surface area contributed by atoms with E-state index in [0.717, 1.165) is 42.7 Å². The number of amides is 1. The summed E-state index contributed by atoms with van der Waals surface area (Å²) in [6, 6.07) is 13.4. The Labute approximate surface area is 223 Å². The van der Waals surface area contributed by atoms with Gasteiger partial charge in [0.25, 0.3) is 0 Å². The molecule has 1 aliphatic heterocycles. The average Bonchev–Trinajstić information content (AvgIpc) is 3.26. The molecule has 9 nitrogen and oxygen atoms in total. The van der Waals surface area contributed by atoms with E-state index in [0.29, 0.717) is 24.7 Å². The zero-order chi connectivity index (χ0) is 26.4. The molecule has 1 aliphatic rings. The van der Waals surface area contributed by atoms with Gasteiger partial charge < -0.3 is 19.9 Å². The monoisotopic (exact) mass is 547 g/mol. The van der Waals surface area contributed by atoms with E-state index in [1.165, 1.54) is 12.1 Å². The predicted octanol–water partition coefficient (Wildman–Crippen LogP) is 3.13. The van der Waals surface area contributed by atoms with Crippen LogP contribution in [-0.2, 0) is 26.1 Å². The number of aromatic nitrogens is 2. The van der Waals surface area contributed by atoms with E-state index in [9.17, 15) is 13.2 Å². The van der Waals surface area contributed by atoms with Gasteiger partial charge in [0.05, 0.1) is 15.9 Å². The van der Waals surface area contributed by atoms with E-state index in [2.05, 4.69) is 15.4 Å². The number of imidazole rings is 1. The Morgan fingerprint density at radius 3 is 2.86 bits per heavy atom. The van der Waals surface area contributed by atoms with Gasteiger partial charge in [-0.1, -0.05) is 29.8 Å². The van der Waals surface area contributed by atoms with Crippen molar-refractivity contribution in [2.75, 3.05) is 33.4 Å². The number of likely N-dealkylation sites (tertiary alicyclic amines) is 1. The molecule has 2 aromatic carbocycles. The summed E-state index contributed by atoms with van der Waals surface area (Å²) in [4.78, 5) is 19.9. The maximum atomic E-state index is 13.1. The van der Waals surface area contributed by atoms with E-state index in [1.54, 1.807) is 19.2 Å². The molecule has 0 radical (unpaired) electrons. The highest BCUT2D eigenvalue weighted by Crippen LogP contribution is 2.30. The van der Waals surface area contributed by atoms with Crippen LogP contribution in [-0.4, -0.2) is 68.2 Å². The second kappa shape index (κ2) is 12.4. The van der Waals surface area contributed by atoms with Crippen molar-refractivity contribution in [3.8, 4) is 0 Å². The number of nitrogens with zero attached hydrogens (tertiary/aromatic N) is 3. The molecule has 11 heteroatoms. The van der Waals surface area contributed by atoms with Crippen molar-refractivity contribution in [1.29, 1.82) is 0 Å². The van der Waals surface area contributed by atoms with Gasteiger partial charge in [-0.05, 0) is 49.6 Å². The minimum Gasteiger partial charge on any atom is -0.385 e. The lowest BCUT2D eigenvalue weighted by Crippen LogP contribution is -2.45. The number of hydrogen-bond acceptors (Lipinski definition) is 6. The molecule has 3 aromatic rings. The lowest BCUT2D eigenvalue weighted by atomic mass is 9.96.